The molecule has 2 nitrogen and oxygen atoms in total. The fourth-order valence-corrected chi connectivity index (χ4v) is 1.65. The third kappa shape index (κ3) is 1.64. The van der Waals surface area contributed by atoms with E-state index in [4.69, 9.17) is 4.74 Å². The van der Waals surface area contributed by atoms with Gasteiger partial charge in [-0.05, 0) is 31.6 Å². The molecule has 2 unspecified atom stereocenters. The summed E-state index contributed by atoms with van der Waals surface area (Å²) < 4.78 is 5.24. The molecule has 0 saturated heterocycles. The zero-order valence-electron chi connectivity index (χ0n) is 8.72. The topological polar surface area (TPSA) is 29.5 Å². The molecule has 0 spiro atoms. The Hall–Kier alpha value is -0.0800. The zero-order valence-corrected chi connectivity index (χ0v) is 8.72. The Morgan fingerprint density at radius 1 is 1.50 bits per heavy atom. The van der Waals surface area contributed by atoms with E-state index in [-0.39, 0.29) is 6.10 Å². The van der Waals surface area contributed by atoms with Crippen LogP contribution in [0.3, 0.4) is 0 Å². The van der Waals surface area contributed by atoms with Gasteiger partial charge in [-0.2, -0.15) is 0 Å². The van der Waals surface area contributed by atoms with Crippen molar-refractivity contribution in [3.8, 4) is 0 Å². The van der Waals surface area contributed by atoms with Crippen molar-refractivity contribution in [1.82, 2.24) is 0 Å². The molecular formula is C10H20O2. The van der Waals surface area contributed by atoms with Crippen LogP contribution in [-0.4, -0.2) is 23.9 Å². The van der Waals surface area contributed by atoms with Gasteiger partial charge in [0.15, 0.2) is 0 Å². The molecule has 0 aromatic rings. The number of aliphatic hydroxyl groups is 1. The molecule has 0 aliphatic heterocycles. The lowest BCUT2D eigenvalue weighted by atomic mass is 9.93. The van der Waals surface area contributed by atoms with E-state index in [1.54, 1.807) is 7.11 Å². The van der Waals surface area contributed by atoms with E-state index in [0.29, 0.717) is 11.3 Å². The first-order valence-corrected chi connectivity index (χ1v) is 4.54. The second kappa shape index (κ2) is 2.71. The van der Waals surface area contributed by atoms with Crippen molar-refractivity contribution in [2.24, 2.45) is 11.3 Å². The molecule has 1 aliphatic rings. The highest BCUT2D eigenvalue weighted by Crippen LogP contribution is 2.55. The predicted molar refractivity (Wildman–Crippen MR) is 49.0 cm³/mol. The maximum atomic E-state index is 9.93. The molecule has 0 amide bonds. The van der Waals surface area contributed by atoms with Gasteiger partial charge in [0, 0.05) is 7.11 Å². The van der Waals surface area contributed by atoms with Crippen molar-refractivity contribution in [2.75, 3.05) is 7.11 Å². The Morgan fingerprint density at radius 3 is 2.17 bits per heavy atom. The lowest BCUT2D eigenvalue weighted by Gasteiger charge is -2.30. The van der Waals surface area contributed by atoms with Crippen LogP contribution >= 0.6 is 0 Å². The van der Waals surface area contributed by atoms with Gasteiger partial charge in [0.05, 0.1) is 11.7 Å². The molecule has 0 aromatic heterocycles. The first-order chi connectivity index (χ1) is 5.31. The van der Waals surface area contributed by atoms with Crippen molar-refractivity contribution < 1.29 is 9.84 Å². The molecule has 1 rings (SSSR count). The first-order valence-electron chi connectivity index (χ1n) is 4.54. The number of hydrogen-bond acceptors (Lipinski definition) is 2. The molecule has 72 valence electrons. The molecule has 0 aromatic carbocycles. The number of methoxy groups -OCH3 is 1. The van der Waals surface area contributed by atoms with Crippen molar-refractivity contribution in [3.05, 3.63) is 0 Å². The SMILES string of the molecule is COC(C)(C)C(O)C1CC1(C)C. The van der Waals surface area contributed by atoms with Crippen LogP contribution in [0.25, 0.3) is 0 Å². The van der Waals surface area contributed by atoms with Gasteiger partial charge >= 0.3 is 0 Å². The van der Waals surface area contributed by atoms with Gasteiger partial charge in [0.1, 0.15) is 0 Å². The number of rotatable bonds is 3. The molecule has 12 heavy (non-hydrogen) atoms. The standard InChI is InChI=1S/C10H20O2/c1-9(2)6-7(9)8(11)10(3,4)12-5/h7-8,11H,6H2,1-5H3. The fraction of sp³-hybridized carbons (Fsp3) is 1.00. The molecule has 1 N–H and O–H groups in total. The average molecular weight is 172 g/mol. The third-order valence-corrected chi connectivity index (χ3v) is 3.21. The van der Waals surface area contributed by atoms with Gasteiger partial charge < -0.3 is 9.84 Å². The largest absolute Gasteiger partial charge is 0.390 e. The average Bonchev–Trinajstić information content (AvgIpc) is 2.58. The monoisotopic (exact) mass is 172 g/mol. The van der Waals surface area contributed by atoms with Crippen molar-refractivity contribution >= 4 is 0 Å². The van der Waals surface area contributed by atoms with Crippen LogP contribution in [-0.2, 0) is 4.74 Å². The van der Waals surface area contributed by atoms with E-state index in [1.165, 1.54) is 0 Å². The summed E-state index contributed by atoms with van der Waals surface area (Å²) in [4.78, 5) is 0. The molecule has 2 heteroatoms. The van der Waals surface area contributed by atoms with E-state index in [2.05, 4.69) is 13.8 Å². The minimum Gasteiger partial charge on any atom is -0.390 e. The summed E-state index contributed by atoms with van der Waals surface area (Å²) in [6, 6.07) is 0. The smallest absolute Gasteiger partial charge is 0.0883 e. The predicted octanol–water partition coefficient (Wildman–Crippen LogP) is 1.82. The van der Waals surface area contributed by atoms with Gasteiger partial charge in [-0.25, -0.2) is 0 Å². The van der Waals surface area contributed by atoms with E-state index in [1.807, 2.05) is 13.8 Å². The van der Waals surface area contributed by atoms with E-state index >= 15 is 0 Å². The fourth-order valence-electron chi connectivity index (χ4n) is 1.65. The summed E-state index contributed by atoms with van der Waals surface area (Å²) in [6.45, 7) is 8.25. The van der Waals surface area contributed by atoms with Gasteiger partial charge in [-0.15, -0.1) is 0 Å². The maximum Gasteiger partial charge on any atom is 0.0883 e. The summed E-state index contributed by atoms with van der Waals surface area (Å²) >= 11 is 0. The highest BCUT2D eigenvalue weighted by Gasteiger charge is 2.53. The van der Waals surface area contributed by atoms with Gasteiger partial charge in [0.2, 0.25) is 0 Å². The van der Waals surface area contributed by atoms with Crippen molar-refractivity contribution in [1.29, 1.82) is 0 Å². The summed E-state index contributed by atoms with van der Waals surface area (Å²) in [5.74, 6) is 0.410. The van der Waals surface area contributed by atoms with Crippen LogP contribution < -0.4 is 0 Å². The van der Waals surface area contributed by atoms with E-state index < -0.39 is 5.60 Å². The molecule has 2 atom stereocenters. The van der Waals surface area contributed by atoms with Crippen molar-refractivity contribution in [2.45, 2.75) is 45.8 Å². The molecule has 1 saturated carbocycles. The summed E-state index contributed by atoms with van der Waals surface area (Å²) in [5.41, 5.74) is -0.0896. The molecule has 0 bridgehead atoms. The number of aliphatic hydroxyl groups excluding tert-OH is 1. The second-order valence-corrected chi connectivity index (χ2v) is 5.05. The molecule has 0 heterocycles. The molecule has 1 fully saturated rings. The van der Waals surface area contributed by atoms with Crippen LogP contribution in [0.4, 0.5) is 0 Å². The van der Waals surface area contributed by atoms with Gasteiger partial charge in [0.25, 0.3) is 0 Å². The summed E-state index contributed by atoms with van der Waals surface area (Å²) in [5, 5.41) is 9.93. The maximum absolute atomic E-state index is 9.93. The summed E-state index contributed by atoms with van der Waals surface area (Å²) in [7, 11) is 1.65. The van der Waals surface area contributed by atoms with E-state index in [0.717, 1.165) is 6.42 Å². The van der Waals surface area contributed by atoms with Crippen molar-refractivity contribution in [3.63, 3.8) is 0 Å². The Bertz CT molecular complexity index is 173. The van der Waals surface area contributed by atoms with Gasteiger partial charge in [-0.1, -0.05) is 13.8 Å². The quantitative estimate of drug-likeness (QED) is 0.703. The van der Waals surface area contributed by atoms with E-state index in [9.17, 15) is 5.11 Å². The zero-order chi connectivity index (χ0) is 9.57. The number of hydrogen-bond donors (Lipinski definition) is 1. The minimum atomic E-state index is -0.404. The molecule has 0 radical (unpaired) electrons. The Kier molecular flexibility index (Phi) is 2.26. The normalized spacial score (nSPS) is 30.0. The summed E-state index contributed by atoms with van der Waals surface area (Å²) in [6.07, 6.45) is 0.776. The number of ether oxygens (including phenoxy) is 1. The van der Waals surface area contributed by atoms with Crippen LogP contribution in [0.1, 0.15) is 34.1 Å². The highest BCUT2D eigenvalue weighted by molar-refractivity contribution is 5.03. The third-order valence-electron chi connectivity index (χ3n) is 3.21. The lowest BCUT2D eigenvalue weighted by molar-refractivity contribution is -0.0903. The molecule has 1 aliphatic carbocycles. The van der Waals surface area contributed by atoms with Crippen LogP contribution in [0, 0.1) is 11.3 Å². The highest BCUT2D eigenvalue weighted by atomic mass is 16.5. The Morgan fingerprint density at radius 2 is 1.92 bits per heavy atom. The second-order valence-electron chi connectivity index (χ2n) is 5.05. The van der Waals surface area contributed by atoms with Crippen LogP contribution in [0.2, 0.25) is 0 Å². The Balaban J connectivity index is 2.55. The van der Waals surface area contributed by atoms with Gasteiger partial charge in [-0.3, -0.25) is 0 Å². The Labute approximate surface area is 74.9 Å². The first kappa shape index (κ1) is 10.0. The minimum absolute atomic E-state index is 0.315. The lowest BCUT2D eigenvalue weighted by Crippen LogP contribution is -2.40. The van der Waals surface area contributed by atoms with Crippen LogP contribution in [0.5, 0.6) is 0 Å². The molecular weight excluding hydrogens is 152 g/mol. The van der Waals surface area contributed by atoms with Crippen LogP contribution in [0.15, 0.2) is 0 Å².